The Balaban J connectivity index is 1.46. The van der Waals surface area contributed by atoms with E-state index in [-0.39, 0.29) is 5.91 Å². The number of carbonyl (C=O) groups excluding carboxylic acids is 1. The lowest BCUT2D eigenvalue weighted by Gasteiger charge is -2.34. The van der Waals surface area contributed by atoms with Gasteiger partial charge in [0.05, 0.1) is 6.54 Å². The molecule has 1 aliphatic rings. The molecule has 3 rings (SSSR count). The molecule has 6 nitrogen and oxygen atoms in total. The Morgan fingerprint density at radius 3 is 2.44 bits per heavy atom. The van der Waals surface area contributed by atoms with E-state index in [1.807, 2.05) is 29.4 Å². The van der Waals surface area contributed by atoms with Crippen molar-refractivity contribution in [1.29, 1.82) is 0 Å². The molecule has 6 heteroatoms. The normalized spacial score (nSPS) is 15.4. The zero-order valence-corrected chi connectivity index (χ0v) is 16.4. The van der Waals surface area contributed by atoms with Crippen molar-refractivity contribution in [1.82, 2.24) is 19.7 Å². The molecule has 2 aromatic rings. The van der Waals surface area contributed by atoms with E-state index in [2.05, 4.69) is 40.8 Å². The molecule has 27 heavy (non-hydrogen) atoms. The van der Waals surface area contributed by atoms with Gasteiger partial charge in [-0.15, -0.1) is 0 Å². The molecular weight excluding hydrogens is 340 g/mol. The Hall–Kier alpha value is -2.18. The van der Waals surface area contributed by atoms with E-state index in [0.29, 0.717) is 5.76 Å². The molecule has 1 aliphatic heterocycles. The van der Waals surface area contributed by atoms with Gasteiger partial charge in [0.25, 0.3) is 5.91 Å². The minimum absolute atomic E-state index is 0.00887. The molecule has 146 valence electrons. The summed E-state index contributed by atoms with van der Waals surface area (Å²) in [5, 5.41) is 0. The smallest absolute Gasteiger partial charge is 0.289 e. The third-order valence-corrected chi connectivity index (χ3v) is 5.27. The molecule has 0 spiro atoms. The summed E-state index contributed by atoms with van der Waals surface area (Å²) in [5.74, 6) is 1.33. The maximum Gasteiger partial charge on any atom is 0.289 e. The number of piperazine rings is 1. The maximum atomic E-state index is 12.7. The molecule has 0 radical (unpaired) electrons. The van der Waals surface area contributed by atoms with Gasteiger partial charge in [0.2, 0.25) is 0 Å². The van der Waals surface area contributed by atoms with Crippen LogP contribution in [0.4, 0.5) is 0 Å². The van der Waals surface area contributed by atoms with Crippen LogP contribution in [0.3, 0.4) is 0 Å². The first-order chi connectivity index (χ1) is 13.2. The molecule has 0 saturated carbocycles. The first-order valence-corrected chi connectivity index (χ1v) is 9.91. The highest BCUT2D eigenvalue weighted by atomic mass is 16.4. The molecule has 0 atom stereocenters. The minimum Gasteiger partial charge on any atom is -0.455 e. The number of furan rings is 1. The summed E-state index contributed by atoms with van der Waals surface area (Å²) in [4.78, 5) is 23.4. The predicted molar refractivity (Wildman–Crippen MR) is 106 cm³/mol. The van der Waals surface area contributed by atoms with E-state index in [9.17, 15) is 4.79 Å². The van der Waals surface area contributed by atoms with Crippen LogP contribution in [-0.2, 0) is 13.0 Å². The average Bonchev–Trinajstić information content (AvgIpc) is 3.19. The summed E-state index contributed by atoms with van der Waals surface area (Å²) in [5.41, 5.74) is 1.31. The van der Waals surface area contributed by atoms with Crippen LogP contribution in [0.25, 0.3) is 0 Å². The average molecular weight is 370 g/mol. The van der Waals surface area contributed by atoms with Gasteiger partial charge in [-0.1, -0.05) is 13.8 Å². The topological polar surface area (TPSA) is 52.8 Å². The van der Waals surface area contributed by atoms with Crippen molar-refractivity contribution in [3.8, 4) is 0 Å². The van der Waals surface area contributed by atoms with Crippen LogP contribution in [0.1, 0.15) is 35.7 Å². The van der Waals surface area contributed by atoms with E-state index in [4.69, 9.17) is 4.42 Å². The predicted octanol–water partition coefficient (Wildman–Crippen LogP) is 2.52. The number of carbonyl (C=O) groups is 1. The molecule has 3 heterocycles. The van der Waals surface area contributed by atoms with E-state index < -0.39 is 0 Å². The Bertz CT molecular complexity index is 704. The zero-order valence-electron chi connectivity index (χ0n) is 16.4. The molecule has 2 aromatic heterocycles. The second-order valence-corrected chi connectivity index (χ2v) is 6.97. The van der Waals surface area contributed by atoms with Crippen molar-refractivity contribution in [2.24, 2.45) is 0 Å². The van der Waals surface area contributed by atoms with Crippen LogP contribution >= 0.6 is 0 Å². The Kier molecular flexibility index (Phi) is 7.01. The molecule has 0 unspecified atom stereocenters. The summed E-state index contributed by atoms with van der Waals surface area (Å²) >= 11 is 0. The van der Waals surface area contributed by atoms with Crippen molar-refractivity contribution in [3.63, 3.8) is 0 Å². The fourth-order valence-electron chi connectivity index (χ4n) is 3.41. The standard InChI is InChI=1S/C21H30N4O2/c1-3-23(4-2)17-19-5-6-20(27-19)21(26)25-15-13-24(14-16-25)12-9-18-7-10-22-11-8-18/h5-8,10-11H,3-4,9,12-17H2,1-2H3. The molecule has 1 amide bonds. The second kappa shape index (κ2) is 9.67. The van der Waals surface area contributed by atoms with Gasteiger partial charge in [-0.25, -0.2) is 0 Å². The summed E-state index contributed by atoms with van der Waals surface area (Å²) in [6.45, 7) is 11.3. The second-order valence-electron chi connectivity index (χ2n) is 6.97. The number of amides is 1. The van der Waals surface area contributed by atoms with Crippen LogP contribution in [-0.4, -0.2) is 71.4 Å². The fraction of sp³-hybridized carbons (Fsp3) is 0.524. The zero-order chi connectivity index (χ0) is 19.1. The SMILES string of the molecule is CCN(CC)Cc1ccc(C(=O)N2CCN(CCc3ccncc3)CC2)o1. The van der Waals surface area contributed by atoms with E-state index >= 15 is 0 Å². The van der Waals surface area contributed by atoms with Crippen molar-refractivity contribution < 1.29 is 9.21 Å². The Labute approximate surface area is 161 Å². The minimum atomic E-state index is 0.00887. The van der Waals surface area contributed by atoms with Crippen LogP contribution in [0.15, 0.2) is 41.1 Å². The molecular formula is C21H30N4O2. The number of pyridine rings is 1. The first-order valence-electron chi connectivity index (χ1n) is 9.91. The van der Waals surface area contributed by atoms with Crippen LogP contribution in [0.2, 0.25) is 0 Å². The first kappa shape index (κ1) is 19.6. The molecule has 0 aromatic carbocycles. The number of aromatic nitrogens is 1. The van der Waals surface area contributed by atoms with Gasteiger partial charge in [0.1, 0.15) is 5.76 Å². The van der Waals surface area contributed by atoms with E-state index in [1.54, 1.807) is 0 Å². The summed E-state index contributed by atoms with van der Waals surface area (Å²) < 4.78 is 5.81. The quantitative estimate of drug-likeness (QED) is 0.715. The lowest BCUT2D eigenvalue weighted by Crippen LogP contribution is -2.49. The number of rotatable bonds is 8. The van der Waals surface area contributed by atoms with Gasteiger partial charge in [-0.05, 0) is 49.3 Å². The van der Waals surface area contributed by atoms with E-state index in [1.165, 1.54) is 5.56 Å². The van der Waals surface area contributed by atoms with Crippen molar-refractivity contribution in [3.05, 3.63) is 53.7 Å². The molecule has 0 N–H and O–H groups in total. The summed E-state index contributed by atoms with van der Waals surface area (Å²) in [6, 6.07) is 7.87. The molecule has 0 bridgehead atoms. The van der Waals surface area contributed by atoms with Crippen molar-refractivity contribution >= 4 is 5.91 Å². The Morgan fingerprint density at radius 2 is 1.78 bits per heavy atom. The van der Waals surface area contributed by atoms with Gasteiger partial charge >= 0.3 is 0 Å². The highest BCUT2D eigenvalue weighted by Gasteiger charge is 2.24. The molecule has 1 saturated heterocycles. The molecule has 0 aliphatic carbocycles. The van der Waals surface area contributed by atoms with Gasteiger partial charge in [-0.2, -0.15) is 0 Å². The molecule has 1 fully saturated rings. The largest absolute Gasteiger partial charge is 0.455 e. The van der Waals surface area contributed by atoms with Gasteiger partial charge in [-0.3, -0.25) is 19.6 Å². The third-order valence-electron chi connectivity index (χ3n) is 5.27. The van der Waals surface area contributed by atoms with Gasteiger partial charge in [0.15, 0.2) is 5.76 Å². The monoisotopic (exact) mass is 370 g/mol. The highest BCUT2D eigenvalue weighted by Crippen LogP contribution is 2.15. The lowest BCUT2D eigenvalue weighted by molar-refractivity contribution is 0.0604. The number of hydrogen-bond donors (Lipinski definition) is 0. The van der Waals surface area contributed by atoms with E-state index in [0.717, 1.165) is 64.5 Å². The van der Waals surface area contributed by atoms with Crippen molar-refractivity contribution in [2.45, 2.75) is 26.8 Å². The maximum absolute atomic E-state index is 12.7. The van der Waals surface area contributed by atoms with Crippen LogP contribution < -0.4 is 0 Å². The summed E-state index contributed by atoms with van der Waals surface area (Å²) in [7, 11) is 0. The highest BCUT2D eigenvalue weighted by molar-refractivity contribution is 5.91. The van der Waals surface area contributed by atoms with Gasteiger partial charge < -0.3 is 9.32 Å². The van der Waals surface area contributed by atoms with Gasteiger partial charge in [0, 0.05) is 45.1 Å². The third kappa shape index (κ3) is 5.40. The fourth-order valence-corrected chi connectivity index (χ4v) is 3.41. The van der Waals surface area contributed by atoms with Crippen LogP contribution in [0, 0.1) is 0 Å². The van der Waals surface area contributed by atoms with Crippen LogP contribution in [0.5, 0.6) is 0 Å². The van der Waals surface area contributed by atoms with Crippen molar-refractivity contribution in [2.75, 3.05) is 45.8 Å². The Morgan fingerprint density at radius 1 is 1.07 bits per heavy atom. The number of hydrogen-bond acceptors (Lipinski definition) is 5. The number of nitrogens with zero attached hydrogens (tertiary/aromatic N) is 4. The summed E-state index contributed by atoms with van der Waals surface area (Å²) in [6.07, 6.45) is 4.69. The lowest BCUT2D eigenvalue weighted by atomic mass is 10.2.